The Labute approximate surface area is 116 Å². The lowest BCUT2D eigenvalue weighted by atomic mass is 10.2. The van der Waals surface area contributed by atoms with Crippen LogP contribution in [0.3, 0.4) is 0 Å². The van der Waals surface area contributed by atoms with Gasteiger partial charge in [-0.05, 0) is 13.8 Å². The second-order valence-electron chi connectivity index (χ2n) is 2.71. The first-order chi connectivity index (χ1) is 8.66. The van der Waals surface area contributed by atoms with Crippen molar-refractivity contribution in [3.05, 3.63) is 35.9 Å². The molecule has 1 rings (SSSR count). The minimum atomic E-state index is 0.255. The fourth-order valence-corrected chi connectivity index (χ4v) is 0.534. The Morgan fingerprint density at radius 2 is 1.17 bits per heavy atom. The maximum absolute atomic E-state index is 9.81. The number of carbonyl (C=O) groups excluding carboxylic acids is 1. The van der Waals surface area contributed by atoms with E-state index >= 15 is 0 Å². The van der Waals surface area contributed by atoms with Crippen LogP contribution >= 0.6 is 0 Å². The van der Waals surface area contributed by atoms with E-state index in [4.69, 9.17) is 0 Å². The van der Waals surface area contributed by atoms with Gasteiger partial charge in [0, 0.05) is 6.42 Å². The van der Waals surface area contributed by atoms with E-state index in [1.807, 2.05) is 66.7 Å². The Bertz CT molecular complexity index is 214. The normalized spacial score (nSPS) is 6.50. The van der Waals surface area contributed by atoms with Gasteiger partial charge in [0.1, 0.15) is 5.78 Å². The van der Waals surface area contributed by atoms with E-state index in [0.717, 1.165) is 0 Å². The van der Waals surface area contributed by atoms with Crippen molar-refractivity contribution < 1.29 is 4.79 Å². The smallest absolute Gasteiger partial charge is 0.129 e. The molecule has 1 aromatic carbocycles. The zero-order valence-electron chi connectivity index (χ0n) is 14.0. The molecule has 0 aromatic heterocycles. The van der Waals surface area contributed by atoms with Gasteiger partial charge < -0.3 is 4.79 Å². The summed E-state index contributed by atoms with van der Waals surface area (Å²) in [7, 11) is 0. The number of hydrogen-bond donors (Lipinski definition) is 0. The second kappa shape index (κ2) is 29.7. The maximum Gasteiger partial charge on any atom is 0.129 e. The molecule has 0 saturated heterocycles. The maximum atomic E-state index is 9.81. The highest BCUT2D eigenvalue weighted by atomic mass is 16.1. The number of Topliss-reactive ketones (excluding diaryl/α,β-unsaturated/α-hetero) is 1. The molecule has 0 fully saturated rings. The van der Waals surface area contributed by atoms with E-state index in [9.17, 15) is 4.79 Å². The summed E-state index contributed by atoms with van der Waals surface area (Å²) in [5.74, 6) is 0.255. The first kappa shape index (κ1) is 25.7. The summed E-state index contributed by atoms with van der Waals surface area (Å²) in [6.07, 6.45) is 0.667. The molecule has 108 valence electrons. The summed E-state index contributed by atoms with van der Waals surface area (Å²) in [5.41, 5.74) is 1.32. The third kappa shape index (κ3) is 36.3. The van der Waals surface area contributed by atoms with Crippen LogP contribution < -0.4 is 0 Å². The fraction of sp³-hybridized carbons (Fsp3) is 0.588. The van der Waals surface area contributed by atoms with Crippen molar-refractivity contribution >= 4 is 5.78 Å². The summed E-state index contributed by atoms with van der Waals surface area (Å²) >= 11 is 0. The molecule has 0 radical (unpaired) electrons. The molecule has 0 N–H and O–H groups in total. The highest BCUT2D eigenvalue weighted by Crippen LogP contribution is 1.92. The molecule has 0 heterocycles. The van der Waals surface area contributed by atoms with Crippen molar-refractivity contribution in [2.24, 2.45) is 0 Å². The van der Waals surface area contributed by atoms with Crippen LogP contribution in [0, 0.1) is 6.92 Å². The average Bonchev–Trinajstić information content (AvgIpc) is 2.47. The molecule has 0 aliphatic carbocycles. The number of aryl methyl sites for hydroxylation is 1. The van der Waals surface area contributed by atoms with Gasteiger partial charge >= 0.3 is 0 Å². The Morgan fingerprint density at radius 1 is 0.889 bits per heavy atom. The van der Waals surface area contributed by atoms with Crippen molar-refractivity contribution in [1.29, 1.82) is 0 Å². The lowest BCUT2D eigenvalue weighted by Crippen LogP contribution is -1.80. The average molecular weight is 254 g/mol. The van der Waals surface area contributed by atoms with Crippen molar-refractivity contribution in [2.75, 3.05) is 0 Å². The SMILES string of the molecule is CC.CC.CC.CCC(C)=O.Cc1ccccc1. The van der Waals surface area contributed by atoms with Gasteiger partial charge in [0.2, 0.25) is 0 Å². The number of carbonyl (C=O) groups is 1. The van der Waals surface area contributed by atoms with E-state index in [1.165, 1.54) is 5.56 Å². The Hall–Kier alpha value is -1.11. The summed E-state index contributed by atoms with van der Waals surface area (Å²) < 4.78 is 0. The Morgan fingerprint density at radius 3 is 1.28 bits per heavy atom. The summed E-state index contributed by atoms with van der Waals surface area (Å²) in [6, 6.07) is 10.3. The second-order valence-corrected chi connectivity index (χ2v) is 2.71. The molecule has 0 amide bonds. The number of ketones is 1. The lowest BCUT2D eigenvalue weighted by Gasteiger charge is -1.82. The van der Waals surface area contributed by atoms with Crippen LogP contribution in [0.1, 0.15) is 67.4 Å². The van der Waals surface area contributed by atoms with Gasteiger partial charge in [0.05, 0.1) is 0 Å². The monoisotopic (exact) mass is 254 g/mol. The zero-order chi connectivity index (χ0) is 15.4. The van der Waals surface area contributed by atoms with Crippen LogP contribution in [0.15, 0.2) is 30.3 Å². The van der Waals surface area contributed by atoms with Gasteiger partial charge in [-0.1, -0.05) is 84.4 Å². The van der Waals surface area contributed by atoms with E-state index in [1.54, 1.807) is 6.92 Å². The van der Waals surface area contributed by atoms with Gasteiger partial charge in [-0.15, -0.1) is 0 Å². The lowest BCUT2D eigenvalue weighted by molar-refractivity contribution is -0.116. The van der Waals surface area contributed by atoms with E-state index < -0.39 is 0 Å². The molecule has 1 nitrogen and oxygen atoms in total. The summed E-state index contributed by atoms with van der Waals surface area (Å²) in [5, 5.41) is 0. The standard InChI is InChI=1S/C7H8.C4H8O.3C2H6/c1-7-5-3-2-4-6-7;1-3-4(2)5;3*1-2/h2-6H,1H3;3H2,1-2H3;3*1-2H3. The third-order valence-electron chi connectivity index (χ3n) is 1.44. The van der Waals surface area contributed by atoms with E-state index in [-0.39, 0.29) is 5.78 Å². The molecule has 18 heavy (non-hydrogen) atoms. The number of rotatable bonds is 1. The molecule has 0 aliphatic heterocycles. The quantitative estimate of drug-likeness (QED) is 0.595. The van der Waals surface area contributed by atoms with Crippen molar-refractivity contribution in [3.63, 3.8) is 0 Å². The molecule has 0 aliphatic rings. The minimum Gasteiger partial charge on any atom is -0.300 e. The zero-order valence-corrected chi connectivity index (χ0v) is 14.0. The molecule has 1 heteroatoms. The van der Waals surface area contributed by atoms with E-state index in [2.05, 4.69) is 19.1 Å². The largest absolute Gasteiger partial charge is 0.300 e. The fourth-order valence-electron chi connectivity index (χ4n) is 0.534. The van der Waals surface area contributed by atoms with Crippen LogP contribution in [-0.4, -0.2) is 5.78 Å². The molecule has 1 aromatic rings. The summed E-state index contributed by atoms with van der Waals surface area (Å²) in [4.78, 5) is 9.81. The van der Waals surface area contributed by atoms with Crippen molar-refractivity contribution in [2.45, 2.75) is 68.7 Å². The first-order valence-electron chi connectivity index (χ1n) is 7.18. The van der Waals surface area contributed by atoms with Crippen molar-refractivity contribution in [3.8, 4) is 0 Å². The molecule has 0 bridgehead atoms. The van der Waals surface area contributed by atoms with Gasteiger partial charge in [-0.2, -0.15) is 0 Å². The highest BCUT2D eigenvalue weighted by Gasteiger charge is 1.76. The Balaban J connectivity index is -0.0000000792. The van der Waals surface area contributed by atoms with Crippen LogP contribution in [0.25, 0.3) is 0 Å². The summed E-state index contributed by atoms with van der Waals surface area (Å²) in [6.45, 7) is 17.5. The molecular weight excluding hydrogens is 220 g/mol. The molecule has 0 unspecified atom stereocenters. The topological polar surface area (TPSA) is 17.1 Å². The minimum absolute atomic E-state index is 0.255. The van der Waals surface area contributed by atoms with Crippen LogP contribution in [0.5, 0.6) is 0 Å². The van der Waals surface area contributed by atoms with Gasteiger partial charge in [0.25, 0.3) is 0 Å². The number of hydrogen-bond acceptors (Lipinski definition) is 1. The van der Waals surface area contributed by atoms with Gasteiger partial charge in [-0.25, -0.2) is 0 Å². The van der Waals surface area contributed by atoms with E-state index in [0.29, 0.717) is 6.42 Å². The van der Waals surface area contributed by atoms with Crippen molar-refractivity contribution in [1.82, 2.24) is 0 Å². The molecule has 0 saturated carbocycles. The van der Waals surface area contributed by atoms with Gasteiger partial charge in [-0.3, -0.25) is 0 Å². The third-order valence-corrected chi connectivity index (χ3v) is 1.44. The molecule has 0 atom stereocenters. The highest BCUT2D eigenvalue weighted by molar-refractivity contribution is 5.74. The molecule has 0 spiro atoms. The van der Waals surface area contributed by atoms with Crippen LogP contribution in [0.4, 0.5) is 0 Å². The van der Waals surface area contributed by atoms with Crippen LogP contribution in [0.2, 0.25) is 0 Å². The predicted molar refractivity (Wildman–Crippen MR) is 86.2 cm³/mol. The van der Waals surface area contributed by atoms with Crippen LogP contribution in [-0.2, 0) is 4.79 Å². The first-order valence-corrected chi connectivity index (χ1v) is 7.18. The number of benzene rings is 1. The Kier molecular flexibility index (Phi) is 42.4. The predicted octanol–water partition coefficient (Wildman–Crippen LogP) is 6.06. The molecular formula is C17H34O. The van der Waals surface area contributed by atoms with Gasteiger partial charge in [0.15, 0.2) is 0 Å².